The van der Waals surface area contributed by atoms with Crippen LogP contribution in [-0.4, -0.2) is 80.1 Å². The molecule has 2 aromatic carbocycles. The quantitative estimate of drug-likeness (QED) is 0.508. The van der Waals surface area contributed by atoms with Crippen molar-refractivity contribution in [2.45, 2.75) is 35.5 Å². The Bertz CT molecular complexity index is 893. The number of hydrogen-bond donors (Lipinski definition) is 0. The third-order valence-electron chi connectivity index (χ3n) is 7.06. The number of nitrogens with zero attached hydrogens (tertiary/aromatic N) is 4. The predicted octanol–water partition coefficient (Wildman–Crippen LogP) is 5.44. The Labute approximate surface area is 202 Å². The van der Waals surface area contributed by atoms with E-state index in [4.69, 9.17) is 11.6 Å². The molecular formula is C26H35ClN4S. The lowest BCUT2D eigenvalue weighted by atomic mass is 10.2. The van der Waals surface area contributed by atoms with Gasteiger partial charge in [0.15, 0.2) is 0 Å². The standard InChI is InChI=1S/C26H35ClN4S/c27-22-9-10-26-24(21-22)31(23-7-1-2-8-25(23)32-26)16-6-15-30-19-17-29(18-20-30)14-5-13-28-11-3-4-12-28/h1-2,7-10,21H,3-6,11-20H2. The predicted molar refractivity (Wildman–Crippen MR) is 137 cm³/mol. The first-order valence-electron chi connectivity index (χ1n) is 12.3. The van der Waals surface area contributed by atoms with Crippen molar-refractivity contribution in [3.8, 4) is 0 Å². The van der Waals surface area contributed by atoms with Crippen LogP contribution in [0.2, 0.25) is 5.02 Å². The van der Waals surface area contributed by atoms with Crippen LogP contribution in [0.25, 0.3) is 0 Å². The summed E-state index contributed by atoms with van der Waals surface area (Å²) in [5, 5.41) is 0.814. The molecular weight excluding hydrogens is 436 g/mol. The zero-order chi connectivity index (χ0) is 21.8. The molecule has 0 amide bonds. The first-order valence-corrected chi connectivity index (χ1v) is 13.5. The van der Waals surface area contributed by atoms with Crippen LogP contribution in [0.5, 0.6) is 0 Å². The van der Waals surface area contributed by atoms with Crippen molar-refractivity contribution in [3.05, 3.63) is 47.5 Å². The average Bonchev–Trinajstić information content (AvgIpc) is 3.33. The second-order valence-corrected chi connectivity index (χ2v) is 10.8. The molecule has 0 spiro atoms. The molecule has 0 N–H and O–H groups in total. The van der Waals surface area contributed by atoms with Gasteiger partial charge >= 0.3 is 0 Å². The Morgan fingerprint density at radius 2 is 1.25 bits per heavy atom. The second kappa shape index (κ2) is 10.8. The molecule has 5 rings (SSSR count). The lowest BCUT2D eigenvalue weighted by Crippen LogP contribution is -2.47. The van der Waals surface area contributed by atoms with Crippen LogP contribution in [0.1, 0.15) is 25.7 Å². The van der Waals surface area contributed by atoms with E-state index in [0.717, 1.165) is 11.6 Å². The summed E-state index contributed by atoms with van der Waals surface area (Å²) in [5.74, 6) is 0. The molecule has 0 aromatic heterocycles. The van der Waals surface area contributed by atoms with Crippen molar-refractivity contribution in [1.82, 2.24) is 14.7 Å². The molecule has 0 atom stereocenters. The van der Waals surface area contributed by atoms with Gasteiger partial charge in [-0.05, 0) is 88.7 Å². The molecule has 0 unspecified atom stereocenters. The summed E-state index contributed by atoms with van der Waals surface area (Å²) < 4.78 is 0. The fourth-order valence-corrected chi connectivity index (χ4v) is 6.50. The number of benzene rings is 2. The second-order valence-electron chi connectivity index (χ2n) is 9.27. The average molecular weight is 471 g/mol. The monoisotopic (exact) mass is 470 g/mol. The Hall–Kier alpha value is -1.24. The van der Waals surface area contributed by atoms with E-state index in [1.165, 1.54) is 106 Å². The molecule has 0 bridgehead atoms. The van der Waals surface area contributed by atoms with E-state index in [9.17, 15) is 0 Å². The first-order chi connectivity index (χ1) is 15.8. The minimum atomic E-state index is 0.814. The molecule has 2 fully saturated rings. The summed E-state index contributed by atoms with van der Waals surface area (Å²) in [5.41, 5.74) is 2.57. The van der Waals surface area contributed by atoms with Gasteiger partial charge in [0.1, 0.15) is 0 Å². The number of halogens is 1. The van der Waals surface area contributed by atoms with Gasteiger partial charge in [0.2, 0.25) is 0 Å². The van der Waals surface area contributed by atoms with E-state index in [0.29, 0.717) is 0 Å². The van der Waals surface area contributed by atoms with Crippen LogP contribution >= 0.6 is 23.4 Å². The number of para-hydroxylation sites is 1. The van der Waals surface area contributed by atoms with Gasteiger partial charge in [-0.15, -0.1) is 0 Å². The smallest absolute Gasteiger partial charge is 0.0567 e. The molecule has 0 saturated carbocycles. The van der Waals surface area contributed by atoms with Crippen molar-refractivity contribution in [2.24, 2.45) is 0 Å². The largest absolute Gasteiger partial charge is 0.340 e. The summed E-state index contributed by atoms with van der Waals surface area (Å²) in [6.07, 6.45) is 5.30. The molecule has 3 aliphatic heterocycles. The maximum atomic E-state index is 6.36. The van der Waals surface area contributed by atoms with Gasteiger partial charge in [0.05, 0.1) is 11.4 Å². The molecule has 4 nitrogen and oxygen atoms in total. The Morgan fingerprint density at radius 1 is 0.656 bits per heavy atom. The van der Waals surface area contributed by atoms with Crippen molar-refractivity contribution in [3.63, 3.8) is 0 Å². The van der Waals surface area contributed by atoms with Crippen LogP contribution < -0.4 is 4.90 Å². The molecule has 32 heavy (non-hydrogen) atoms. The minimum Gasteiger partial charge on any atom is -0.340 e. The number of hydrogen-bond acceptors (Lipinski definition) is 5. The fourth-order valence-electron chi connectivity index (χ4n) is 5.26. The van der Waals surface area contributed by atoms with Gasteiger partial charge in [-0.1, -0.05) is 35.5 Å². The zero-order valence-electron chi connectivity index (χ0n) is 19.0. The van der Waals surface area contributed by atoms with E-state index < -0.39 is 0 Å². The van der Waals surface area contributed by atoms with Gasteiger partial charge < -0.3 is 19.6 Å². The van der Waals surface area contributed by atoms with Gasteiger partial charge in [-0.3, -0.25) is 0 Å². The maximum Gasteiger partial charge on any atom is 0.0567 e. The molecule has 3 aliphatic rings. The number of anilines is 2. The van der Waals surface area contributed by atoms with Crippen LogP contribution in [0, 0.1) is 0 Å². The van der Waals surface area contributed by atoms with E-state index >= 15 is 0 Å². The van der Waals surface area contributed by atoms with Crippen LogP contribution in [0.4, 0.5) is 11.4 Å². The highest BCUT2D eigenvalue weighted by Crippen LogP contribution is 2.48. The minimum absolute atomic E-state index is 0.814. The highest BCUT2D eigenvalue weighted by molar-refractivity contribution is 7.99. The zero-order valence-corrected chi connectivity index (χ0v) is 20.6. The summed E-state index contributed by atoms with van der Waals surface area (Å²) in [6, 6.07) is 15.0. The van der Waals surface area contributed by atoms with Gasteiger partial charge in [-0.2, -0.15) is 0 Å². The maximum absolute atomic E-state index is 6.36. The van der Waals surface area contributed by atoms with Gasteiger partial charge in [-0.25, -0.2) is 0 Å². The lowest BCUT2D eigenvalue weighted by Gasteiger charge is -2.36. The van der Waals surface area contributed by atoms with E-state index in [1.54, 1.807) is 0 Å². The highest BCUT2D eigenvalue weighted by atomic mass is 35.5. The normalized spacial score (nSPS) is 19.8. The molecule has 2 saturated heterocycles. The van der Waals surface area contributed by atoms with Crippen LogP contribution in [0.3, 0.4) is 0 Å². The van der Waals surface area contributed by atoms with Crippen molar-refractivity contribution >= 4 is 34.7 Å². The molecule has 6 heteroatoms. The van der Waals surface area contributed by atoms with Crippen molar-refractivity contribution in [2.75, 3.05) is 70.3 Å². The SMILES string of the molecule is Clc1ccc2c(c1)N(CCCN1CCN(CCCN3CCCC3)CC1)c1ccccc1S2. The first kappa shape index (κ1) is 22.5. The number of piperazine rings is 1. The van der Waals surface area contributed by atoms with E-state index in [2.05, 4.69) is 56.0 Å². The number of rotatable bonds is 8. The van der Waals surface area contributed by atoms with E-state index in [1.807, 2.05) is 17.8 Å². The van der Waals surface area contributed by atoms with Gasteiger partial charge in [0.25, 0.3) is 0 Å². The van der Waals surface area contributed by atoms with Crippen LogP contribution in [0.15, 0.2) is 52.3 Å². The summed E-state index contributed by atoms with van der Waals surface area (Å²) in [7, 11) is 0. The molecule has 0 aliphatic carbocycles. The summed E-state index contributed by atoms with van der Waals surface area (Å²) in [6.45, 7) is 12.3. The van der Waals surface area contributed by atoms with Crippen LogP contribution in [-0.2, 0) is 0 Å². The Morgan fingerprint density at radius 3 is 1.97 bits per heavy atom. The Kier molecular flexibility index (Phi) is 7.60. The summed E-state index contributed by atoms with van der Waals surface area (Å²) in [4.78, 5) is 13.1. The van der Waals surface area contributed by atoms with Crippen molar-refractivity contribution < 1.29 is 0 Å². The fraction of sp³-hybridized carbons (Fsp3) is 0.538. The summed E-state index contributed by atoms with van der Waals surface area (Å²) >= 11 is 8.21. The Balaban J connectivity index is 1.10. The van der Waals surface area contributed by atoms with E-state index in [-0.39, 0.29) is 0 Å². The number of likely N-dealkylation sites (tertiary alicyclic amines) is 1. The van der Waals surface area contributed by atoms with Crippen molar-refractivity contribution in [1.29, 1.82) is 0 Å². The number of fused-ring (bicyclic) bond motifs is 2. The third-order valence-corrected chi connectivity index (χ3v) is 8.42. The lowest BCUT2D eigenvalue weighted by molar-refractivity contribution is 0.127. The third kappa shape index (κ3) is 5.45. The molecule has 0 radical (unpaired) electrons. The van der Waals surface area contributed by atoms with Gasteiger partial charge in [0, 0.05) is 47.5 Å². The molecule has 2 aromatic rings. The highest BCUT2D eigenvalue weighted by Gasteiger charge is 2.24. The molecule has 3 heterocycles. The topological polar surface area (TPSA) is 13.0 Å². The molecule has 172 valence electrons.